The summed E-state index contributed by atoms with van der Waals surface area (Å²) in [7, 11) is 0. The van der Waals surface area contributed by atoms with E-state index in [1.54, 1.807) is 19.1 Å². The smallest absolute Gasteiger partial charge is 0.220 e. The molecule has 1 amide bonds. The molecule has 4 heteroatoms. The topological polar surface area (TPSA) is 49.3 Å². The Balaban J connectivity index is 1.60. The third-order valence-corrected chi connectivity index (χ3v) is 5.20. The van der Waals surface area contributed by atoms with E-state index in [1.165, 1.54) is 36.1 Å². The van der Waals surface area contributed by atoms with Gasteiger partial charge in [-0.15, -0.1) is 0 Å². The number of halogens is 1. The van der Waals surface area contributed by atoms with Crippen LogP contribution in [-0.2, 0) is 10.4 Å². The molecular weight excluding hydrogens is 329 g/mol. The Bertz CT molecular complexity index is 749. The average Bonchev–Trinajstić information content (AvgIpc) is 3.44. The van der Waals surface area contributed by atoms with Gasteiger partial charge in [0, 0.05) is 6.42 Å². The molecule has 2 aromatic carbocycles. The maximum atomic E-state index is 13.0. The van der Waals surface area contributed by atoms with Crippen molar-refractivity contribution < 1.29 is 14.3 Å². The van der Waals surface area contributed by atoms with Crippen LogP contribution in [0.5, 0.6) is 0 Å². The van der Waals surface area contributed by atoms with Gasteiger partial charge in [0.15, 0.2) is 0 Å². The number of carbonyl (C=O) groups excluding carboxylic acids is 1. The van der Waals surface area contributed by atoms with Crippen molar-refractivity contribution in [3.8, 4) is 0 Å². The second-order valence-corrected chi connectivity index (χ2v) is 7.62. The molecule has 26 heavy (non-hydrogen) atoms. The van der Waals surface area contributed by atoms with Crippen molar-refractivity contribution in [2.75, 3.05) is 6.54 Å². The lowest BCUT2D eigenvalue weighted by atomic mass is 9.90. The molecule has 1 aliphatic rings. The first-order valence-corrected chi connectivity index (χ1v) is 9.17. The fourth-order valence-electron chi connectivity index (χ4n) is 3.32. The largest absolute Gasteiger partial charge is 0.384 e. The van der Waals surface area contributed by atoms with E-state index in [4.69, 9.17) is 0 Å². The molecule has 3 rings (SSSR count). The van der Waals surface area contributed by atoms with E-state index in [9.17, 15) is 14.3 Å². The molecule has 1 aliphatic carbocycles. The predicted molar refractivity (Wildman–Crippen MR) is 100 cm³/mol. The Morgan fingerprint density at radius 3 is 2.38 bits per heavy atom. The Hall–Kier alpha value is -2.20. The highest BCUT2D eigenvalue weighted by atomic mass is 19.1. The molecule has 0 saturated heterocycles. The molecular formula is C22H26FNO2. The lowest BCUT2D eigenvalue weighted by molar-refractivity contribution is -0.122. The Morgan fingerprint density at radius 1 is 1.19 bits per heavy atom. The van der Waals surface area contributed by atoms with Crippen LogP contribution in [0, 0.1) is 18.7 Å². The van der Waals surface area contributed by atoms with Crippen LogP contribution in [0.2, 0.25) is 0 Å². The molecule has 0 bridgehead atoms. The molecule has 2 atom stereocenters. The average molecular weight is 355 g/mol. The van der Waals surface area contributed by atoms with Gasteiger partial charge in [-0.25, -0.2) is 4.39 Å². The van der Waals surface area contributed by atoms with E-state index in [-0.39, 0.29) is 24.2 Å². The normalized spacial score (nSPS) is 17.4. The van der Waals surface area contributed by atoms with Gasteiger partial charge < -0.3 is 10.4 Å². The number of aliphatic hydroxyl groups is 1. The number of carbonyl (C=O) groups is 1. The number of nitrogens with one attached hydrogen (secondary N) is 1. The first-order chi connectivity index (χ1) is 12.3. The van der Waals surface area contributed by atoms with Crippen molar-refractivity contribution in [2.24, 2.45) is 5.92 Å². The van der Waals surface area contributed by atoms with E-state index in [0.29, 0.717) is 17.9 Å². The maximum absolute atomic E-state index is 13.0. The number of hydrogen-bond acceptors (Lipinski definition) is 2. The van der Waals surface area contributed by atoms with Crippen LogP contribution < -0.4 is 5.32 Å². The summed E-state index contributed by atoms with van der Waals surface area (Å²) in [4.78, 5) is 12.5. The molecule has 2 unspecified atom stereocenters. The predicted octanol–water partition coefficient (Wildman–Crippen LogP) is 4.04. The van der Waals surface area contributed by atoms with Crippen molar-refractivity contribution in [3.05, 3.63) is 71.0 Å². The van der Waals surface area contributed by atoms with Crippen molar-refractivity contribution >= 4 is 5.91 Å². The Kier molecular flexibility index (Phi) is 5.42. The second kappa shape index (κ2) is 7.58. The highest BCUT2D eigenvalue weighted by molar-refractivity contribution is 5.77. The van der Waals surface area contributed by atoms with Crippen LogP contribution in [0.1, 0.15) is 48.8 Å². The van der Waals surface area contributed by atoms with E-state index in [2.05, 4.69) is 36.5 Å². The van der Waals surface area contributed by atoms with Crippen molar-refractivity contribution in [1.82, 2.24) is 5.32 Å². The van der Waals surface area contributed by atoms with Gasteiger partial charge >= 0.3 is 0 Å². The fourth-order valence-corrected chi connectivity index (χ4v) is 3.32. The van der Waals surface area contributed by atoms with Gasteiger partial charge in [-0.1, -0.05) is 42.0 Å². The van der Waals surface area contributed by atoms with Gasteiger partial charge in [0.1, 0.15) is 11.4 Å². The van der Waals surface area contributed by atoms with Crippen molar-refractivity contribution in [2.45, 2.75) is 44.6 Å². The molecule has 3 nitrogen and oxygen atoms in total. The number of benzene rings is 2. The van der Waals surface area contributed by atoms with E-state index >= 15 is 0 Å². The number of amides is 1. The highest BCUT2D eigenvalue weighted by Crippen LogP contribution is 2.44. The third kappa shape index (κ3) is 4.70. The lowest BCUT2D eigenvalue weighted by Gasteiger charge is -2.25. The summed E-state index contributed by atoms with van der Waals surface area (Å²) in [5.41, 5.74) is 1.76. The summed E-state index contributed by atoms with van der Waals surface area (Å²) in [6, 6.07) is 14.1. The first-order valence-electron chi connectivity index (χ1n) is 9.17. The molecule has 0 aliphatic heterocycles. The van der Waals surface area contributed by atoms with Gasteiger partial charge in [-0.3, -0.25) is 4.79 Å². The van der Waals surface area contributed by atoms with Crippen LogP contribution in [-0.4, -0.2) is 17.6 Å². The van der Waals surface area contributed by atoms with Crippen molar-refractivity contribution in [3.63, 3.8) is 0 Å². The van der Waals surface area contributed by atoms with E-state index in [1.807, 2.05) is 0 Å². The molecule has 2 N–H and O–H groups in total. The summed E-state index contributed by atoms with van der Waals surface area (Å²) in [5, 5.41) is 13.4. The zero-order chi connectivity index (χ0) is 18.7. The summed E-state index contributed by atoms with van der Waals surface area (Å²) in [6.45, 7) is 3.78. The minimum atomic E-state index is -1.23. The molecule has 1 saturated carbocycles. The highest BCUT2D eigenvalue weighted by Gasteiger charge is 2.34. The molecule has 2 aromatic rings. The quantitative estimate of drug-likeness (QED) is 0.787. The first kappa shape index (κ1) is 18.6. The van der Waals surface area contributed by atoms with Gasteiger partial charge in [-0.05, 0) is 61.8 Å². The maximum Gasteiger partial charge on any atom is 0.220 e. The lowest BCUT2D eigenvalue weighted by Crippen LogP contribution is -2.39. The van der Waals surface area contributed by atoms with Crippen LogP contribution >= 0.6 is 0 Å². The fraction of sp³-hybridized carbons (Fsp3) is 0.409. The number of hydrogen-bond donors (Lipinski definition) is 2. The molecule has 138 valence electrons. The minimum absolute atomic E-state index is 0.0649. The molecule has 0 radical (unpaired) electrons. The monoisotopic (exact) mass is 355 g/mol. The van der Waals surface area contributed by atoms with E-state index in [0.717, 1.165) is 0 Å². The SMILES string of the molecule is Cc1ccc(C(CC(=O)NCC(C)(O)c2ccc(F)cc2)C2CC2)cc1. The van der Waals surface area contributed by atoms with Crippen LogP contribution in [0.3, 0.4) is 0 Å². The second-order valence-electron chi connectivity index (χ2n) is 7.62. The van der Waals surface area contributed by atoms with Crippen LogP contribution in [0.25, 0.3) is 0 Å². The van der Waals surface area contributed by atoms with Gasteiger partial charge in [0.05, 0.1) is 6.54 Å². The summed E-state index contributed by atoms with van der Waals surface area (Å²) < 4.78 is 13.0. The minimum Gasteiger partial charge on any atom is -0.384 e. The summed E-state index contributed by atoms with van der Waals surface area (Å²) in [5.74, 6) is 0.385. The van der Waals surface area contributed by atoms with Crippen LogP contribution in [0.4, 0.5) is 4.39 Å². The number of aryl methyl sites for hydroxylation is 1. The zero-order valence-corrected chi connectivity index (χ0v) is 15.3. The Labute approximate surface area is 154 Å². The van der Waals surface area contributed by atoms with Gasteiger partial charge in [0.25, 0.3) is 0 Å². The van der Waals surface area contributed by atoms with Gasteiger partial charge in [0.2, 0.25) is 5.91 Å². The summed E-state index contributed by atoms with van der Waals surface area (Å²) >= 11 is 0. The van der Waals surface area contributed by atoms with Crippen LogP contribution in [0.15, 0.2) is 48.5 Å². The van der Waals surface area contributed by atoms with Crippen molar-refractivity contribution in [1.29, 1.82) is 0 Å². The molecule has 0 spiro atoms. The molecule has 0 aromatic heterocycles. The standard InChI is InChI=1S/C22H26FNO2/c1-15-3-5-16(6-4-15)20(17-7-8-17)13-21(25)24-14-22(2,26)18-9-11-19(23)12-10-18/h3-6,9-12,17,20,26H,7-8,13-14H2,1-2H3,(H,24,25). The zero-order valence-electron chi connectivity index (χ0n) is 15.3. The van der Waals surface area contributed by atoms with E-state index < -0.39 is 5.60 Å². The summed E-state index contributed by atoms with van der Waals surface area (Å²) in [6.07, 6.45) is 2.76. The third-order valence-electron chi connectivity index (χ3n) is 5.20. The molecule has 0 heterocycles. The van der Waals surface area contributed by atoms with Gasteiger partial charge in [-0.2, -0.15) is 0 Å². The Morgan fingerprint density at radius 2 is 1.81 bits per heavy atom. The molecule has 1 fully saturated rings. The number of rotatable bonds is 7.